The molecule has 1 heterocycles. The van der Waals surface area contributed by atoms with E-state index in [2.05, 4.69) is 0 Å². The molecule has 0 bridgehead atoms. The summed E-state index contributed by atoms with van der Waals surface area (Å²) in [5.74, 6) is -0.369. The molecule has 98 valence electrons. The molecule has 18 heavy (non-hydrogen) atoms. The molecule has 0 spiro atoms. The predicted octanol–water partition coefficient (Wildman–Crippen LogP) is 3.07. The lowest BCUT2D eigenvalue weighted by Crippen LogP contribution is -2.36. The quantitative estimate of drug-likeness (QED) is 0.611. The van der Waals surface area contributed by atoms with Crippen LogP contribution in [0.2, 0.25) is 0 Å². The summed E-state index contributed by atoms with van der Waals surface area (Å²) >= 11 is 5.98. The zero-order valence-electron chi connectivity index (χ0n) is 10.8. The lowest BCUT2D eigenvalue weighted by atomic mass is 9.94. The van der Waals surface area contributed by atoms with Crippen molar-refractivity contribution in [3.05, 3.63) is 35.9 Å². The van der Waals surface area contributed by atoms with Crippen molar-refractivity contribution in [1.29, 1.82) is 0 Å². The monoisotopic (exact) mass is 268 g/mol. The van der Waals surface area contributed by atoms with E-state index in [0.29, 0.717) is 0 Å². The zero-order chi connectivity index (χ0) is 13.4. The van der Waals surface area contributed by atoms with Gasteiger partial charge in [0, 0.05) is 5.41 Å². The van der Waals surface area contributed by atoms with Crippen molar-refractivity contribution >= 4 is 17.6 Å². The standard InChI is InChI=1S/C14H17ClO3/c1-13(2,3)12-17-11(16)14(9-15,18-12)10-7-5-4-6-8-10/h4-8,12H,9H2,1-3H3/t12-,14+/m0/s1. The number of benzene rings is 1. The molecule has 4 heteroatoms. The number of alkyl halides is 1. The van der Waals surface area contributed by atoms with Crippen molar-refractivity contribution in [2.24, 2.45) is 5.41 Å². The number of carbonyl (C=O) groups is 1. The molecule has 0 radical (unpaired) electrons. The van der Waals surface area contributed by atoms with Crippen molar-refractivity contribution in [3.8, 4) is 0 Å². The summed E-state index contributed by atoms with van der Waals surface area (Å²) < 4.78 is 11.2. The highest BCUT2D eigenvalue weighted by Gasteiger charge is 2.54. The molecule has 1 aromatic rings. The number of carbonyl (C=O) groups excluding carboxylic acids is 1. The van der Waals surface area contributed by atoms with Crippen LogP contribution in [-0.2, 0) is 19.9 Å². The highest BCUT2D eigenvalue weighted by atomic mass is 35.5. The molecule has 0 aliphatic carbocycles. The van der Waals surface area contributed by atoms with Crippen LogP contribution in [-0.4, -0.2) is 18.1 Å². The molecule has 2 atom stereocenters. The summed E-state index contributed by atoms with van der Waals surface area (Å²) in [6, 6.07) is 9.24. The maximum absolute atomic E-state index is 12.2. The number of ether oxygens (including phenoxy) is 2. The van der Waals surface area contributed by atoms with Crippen LogP contribution in [0.1, 0.15) is 26.3 Å². The van der Waals surface area contributed by atoms with Gasteiger partial charge >= 0.3 is 5.97 Å². The molecule has 1 saturated heterocycles. The molecular weight excluding hydrogens is 252 g/mol. The largest absolute Gasteiger partial charge is 0.433 e. The Morgan fingerprint density at radius 2 is 1.89 bits per heavy atom. The van der Waals surface area contributed by atoms with E-state index in [-0.39, 0.29) is 11.3 Å². The van der Waals surface area contributed by atoms with Gasteiger partial charge in [-0.2, -0.15) is 0 Å². The van der Waals surface area contributed by atoms with Crippen LogP contribution in [0.15, 0.2) is 30.3 Å². The SMILES string of the molecule is CC(C)(C)[C@H]1OC(=O)[C@@](CCl)(c2ccccc2)O1. The molecule has 0 unspecified atom stereocenters. The first-order chi connectivity index (χ1) is 8.40. The fraction of sp³-hybridized carbons (Fsp3) is 0.500. The van der Waals surface area contributed by atoms with Gasteiger partial charge in [0.05, 0.1) is 5.88 Å². The second-order valence-electron chi connectivity index (χ2n) is 5.55. The van der Waals surface area contributed by atoms with Gasteiger partial charge in [0.25, 0.3) is 0 Å². The molecule has 1 aromatic carbocycles. The normalized spacial score (nSPS) is 28.2. The summed E-state index contributed by atoms with van der Waals surface area (Å²) in [5.41, 5.74) is -0.726. The van der Waals surface area contributed by atoms with Crippen molar-refractivity contribution in [1.82, 2.24) is 0 Å². The summed E-state index contributed by atoms with van der Waals surface area (Å²) in [5, 5.41) is 0. The molecule has 0 amide bonds. The average molecular weight is 269 g/mol. The van der Waals surface area contributed by atoms with Crippen LogP contribution in [0.25, 0.3) is 0 Å². The summed E-state index contributed by atoms with van der Waals surface area (Å²) in [6.07, 6.45) is -0.580. The third kappa shape index (κ3) is 2.13. The van der Waals surface area contributed by atoms with E-state index in [0.717, 1.165) is 5.56 Å². The third-order valence-electron chi connectivity index (χ3n) is 2.99. The van der Waals surface area contributed by atoms with E-state index < -0.39 is 17.9 Å². The molecule has 2 rings (SSSR count). The zero-order valence-corrected chi connectivity index (χ0v) is 11.5. The number of esters is 1. The smallest absolute Gasteiger partial charge is 0.346 e. The van der Waals surface area contributed by atoms with E-state index in [9.17, 15) is 4.79 Å². The molecule has 1 aliphatic rings. The topological polar surface area (TPSA) is 35.5 Å². The molecular formula is C14H17ClO3. The Labute approximate surface area is 112 Å². The van der Waals surface area contributed by atoms with Crippen molar-refractivity contribution in [2.75, 3.05) is 5.88 Å². The number of hydrogen-bond acceptors (Lipinski definition) is 3. The Balaban J connectivity index is 2.38. The van der Waals surface area contributed by atoms with Crippen LogP contribution < -0.4 is 0 Å². The first-order valence-corrected chi connectivity index (χ1v) is 6.44. The Morgan fingerprint density at radius 3 is 2.33 bits per heavy atom. The van der Waals surface area contributed by atoms with Gasteiger partial charge in [-0.1, -0.05) is 51.1 Å². The van der Waals surface area contributed by atoms with Gasteiger partial charge in [-0.05, 0) is 5.56 Å². The molecule has 0 N–H and O–H groups in total. The highest BCUT2D eigenvalue weighted by molar-refractivity contribution is 6.20. The summed E-state index contributed by atoms with van der Waals surface area (Å²) in [4.78, 5) is 12.2. The van der Waals surface area contributed by atoms with Gasteiger partial charge in [0.2, 0.25) is 11.9 Å². The molecule has 1 aliphatic heterocycles. The van der Waals surface area contributed by atoms with E-state index in [1.165, 1.54) is 0 Å². The first-order valence-electron chi connectivity index (χ1n) is 5.90. The second-order valence-corrected chi connectivity index (χ2v) is 5.82. The number of rotatable bonds is 2. The van der Waals surface area contributed by atoms with E-state index in [1.54, 1.807) is 0 Å². The van der Waals surface area contributed by atoms with Gasteiger partial charge in [-0.3, -0.25) is 0 Å². The molecule has 0 saturated carbocycles. The first kappa shape index (κ1) is 13.4. The lowest BCUT2D eigenvalue weighted by Gasteiger charge is -2.27. The minimum Gasteiger partial charge on any atom is -0.433 e. The van der Waals surface area contributed by atoms with E-state index >= 15 is 0 Å². The Hall–Kier alpha value is -1.06. The van der Waals surface area contributed by atoms with Gasteiger partial charge in [0.15, 0.2) is 0 Å². The fourth-order valence-corrected chi connectivity index (χ4v) is 2.18. The molecule has 0 aromatic heterocycles. The maximum Gasteiger partial charge on any atom is 0.346 e. The van der Waals surface area contributed by atoms with Gasteiger partial charge in [-0.25, -0.2) is 4.79 Å². The van der Waals surface area contributed by atoms with Crippen LogP contribution in [0.5, 0.6) is 0 Å². The third-order valence-corrected chi connectivity index (χ3v) is 3.36. The molecule has 3 nitrogen and oxygen atoms in total. The minimum atomic E-state index is -1.18. The maximum atomic E-state index is 12.2. The van der Waals surface area contributed by atoms with Crippen LogP contribution in [0.4, 0.5) is 0 Å². The number of halogens is 1. The summed E-state index contributed by atoms with van der Waals surface area (Å²) in [7, 11) is 0. The van der Waals surface area contributed by atoms with Crippen LogP contribution in [0, 0.1) is 5.41 Å². The molecule has 1 fully saturated rings. The number of hydrogen-bond donors (Lipinski definition) is 0. The lowest BCUT2D eigenvalue weighted by molar-refractivity contribution is -0.155. The number of cyclic esters (lactones) is 1. The van der Waals surface area contributed by atoms with E-state index in [4.69, 9.17) is 21.1 Å². The van der Waals surface area contributed by atoms with Gasteiger partial charge in [0.1, 0.15) is 0 Å². The predicted molar refractivity (Wildman–Crippen MR) is 69.3 cm³/mol. The van der Waals surface area contributed by atoms with Crippen LogP contribution in [0.3, 0.4) is 0 Å². The minimum absolute atomic E-state index is 0.0441. The van der Waals surface area contributed by atoms with Crippen molar-refractivity contribution in [3.63, 3.8) is 0 Å². The van der Waals surface area contributed by atoms with E-state index in [1.807, 2.05) is 51.1 Å². The second kappa shape index (κ2) is 4.56. The van der Waals surface area contributed by atoms with Crippen LogP contribution >= 0.6 is 11.6 Å². The van der Waals surface area contributed by atoms with Gasteiger partial charge in [-0.15, -0.1) is 11.6 Å². The Kier molecular flexibility index (Phi) is 3.39. The van der Waals surface area contributed by atoms with Crippen molar-refractivity contribution < 1.29 is 14.3 Å². The highest BCUT2D eigenvalue weighted by Crippen LogP contribution is 2.41. The van der Waals surface area contributed by atoms with Crippen molar-refractivity contribution in [2.45, 2.75) is 32.7 Å². The Bertz CT molecular complexity index is 438. The summed E-state index contributed by atoms with van der Waals surface area (Å²) in [6.45, 7) is 5.88. The average Bonchev–Trinajstić information content (AvgIpc) is 2.68. The Morgan fingerprint density at radius 1 is 1.28 bits per heavy atom. The fourth-order valence-electron chi connectivity index (χ4n) is 1.86. The van der Waals surface area contributed by atoms with Gasteiger partial charge < -0.3 is 9.47 Å².